The molecule has 0 radical (unpaired) electrons. The number of benzene rings is 1. The van der Waals surface area contributed by atoms with Crippen LogP contribution < -0.4 is 5.73 Å². The van der Waals surface area contributed by atoms with Gasteiger partial charge in [0.15, 0.2) is 5.76 Å². The average molecular weight is 245 g/mol. The second kappa shape index (κ2) is 3.79. The van der Waals surface area contributed by atoms with E-state index in [1.165, 1.54) is 0 Å². The molecule has 3 nitrogen and oxygen atoms in total. The van der Waals surface area contributed by atoms with E-state index in [4.69, 9.17) is 21.8 Å². The molecule has 0 aliphatic carbocycles. The highest BCUT2D eigenvalue weighted by Crippen LogP contribution is 2.28. The number of hydrogen-bond acceptors (Lipinski definition) is 3. The predicted octanol–water partition coefficient (Wildman–Crippen LogP) is 3.73. The van der Waals surface area contributed by atoms with Crippen LogP contribution in [0.2, 0.25) is 5.02 Å². The van der Waals surface area contributed by atoms with Crippen LogP contribution in [-0.2, 0) is 0 Å². The quantitative estimate of drug-likeness (QED) is 0.710. The first kappa shape index (κ1) is 10.2. The van der Waals surface area contributed by atoms with Crippen LogP contribution in [0.3, 0.4) is 0 Å². The Hall–Kier alpha value is -2.00. The first-order valence-electron chi connectivity index (χ1n) is 5.14. The summed E-state index contributed by atoms with van der Waals surface area (Å²) in [7, 11) is 0. The molecule has 0 amide bonds. The van der Waals surface area contributed by atoms with E-state index in [0.29, 0.717) is 16.6 Å². The van der Waals surface area contributed by atoms with E-state index >= 15 is 0 Å². The molecule has 2 aromatic heterocycles. The lowest BCUT2D eigenvalue weighted by molar-refractivity contribution is 0.629. The second-order valence-corrected chi connectivity index (χ2v) is 4.18. The van der Waals surface area contributed by atoms with Gasteiger partial charge in [-0.3, -0.25) is 0 Å². The molecule has 1 aromatic carbocycles. The zero-order chi connectivity index (χ0) is 11.8. The minimum absolute atomic E-state index is 0.473. The summed E-state index contributed by atoms with van der Waals surface area (Å²) in [6, 6.07) is 12.8. The number of rotatable bonds is 1. The number of nitrogens with zero attached hydrogens (tertiary/aromatic N) is 1. The number of aromatic nitrogens is 1. The Bertz CT molecular complexity index is 691. The third-order valence-corrected chi connectivity index (χ3v) is 2.74. The Balaban J connectivity index is 2.18. The molecule has 0 fully saturated rings. The summed E-state index contributed by atoms with van der Waals surface area (Å²) in [5.74, 6) is 1.16. The predicted molar refractivity (Wildman–Crippen MR) is 68.9 cm³/mol. The van der Waals surface area contributed by atoms with Crippen LogP contribution in [0.4, 0.5) is 5.82 Å². The van der Waals surface area contributed by atoms with E-state index in [-0.39, 0.29) is 0 Å². The highest BCUT2D eigenvalue weighted by molar-refractivity contribution is 6.31. The van der Waals surface area contributed by atoms with Crippen molar-refractivity contribution in [2.24, 2.45) is 0 Å². The number of fused-ring (bicyclic) bond motifs is 1. The molecule has 0 aliphatic heterocycles. The van der Waals surface area contributed by atoms with Crippen molar-refractivity contribution in [3.05, 3.63) is 47.5 Å². The molecule has 2 heterocycles. The molecule has 3 rings (SSSR count). The monoisotopic (exact) mass is 244 g/mol. The van der Waals surface area contributed by atoms with Crippen molar-refractivity contribution in [2.75, 3.05) is 5.73 Å². The lowest BCUT2D eigenvalue weighted by atomic mass is 10.2. The molecule has 0 spiro atoms. The Morgan fingerprint density at radius 3 is 2.82 bits per heavy atom. The normalized spacial score (nSPS) is 10.9. The van der Waals surface area contributed by atoms with E-state index < -0.39 is 0 Å². The van der Waals surface area contributed by atoms with Crippen LogP contribution in [0, 0.1) is 0 Å². The smallest absolute Gasteiger partial charge is 0.153 e. The van der Waals surface area contributed by atoms with Crippen molar-refractivity contribution in [3.8, 4) is 11.5 Å². The molecular formula is C13H9ClN2O. The maximum Gasteiger partial charge on any atom is 0.153 e. The van der Waals surface area contributed by atoms with Crippen LogP contribution in [0.5, 0.6) is 0 Å². The van der Waals surface area contributed by atoms with Crippen LogP contribution in [-0.4, -0.2) is 4.98 Å². The van der Waals surface area contributed by atoms with Gasteiger partial charge in [-0.25, -0.2) is 4.98 Å². The maximum atomic E-state index is 5.92. The van der Waals surface area contributed by atoms with Crippen molar-refractivity contribution < 1.29 is 4.42 Å². The zero-order valence-electron chi connectivity index (χ0n) is 8.85. The number of pyridine rings is 1. The first-order valence-corrected chi connectivity index (χ1v) is 5.52. The SMILES string of the molecule is Nc1cccc(-c2cc3cc(Cl)ccc3o2)n1. The number of anilines is 1. The van der Waals surface area contributed by atoms with Gasteiger partial charge in [0.2, 0.25) is 0 Å². The molecule has 4 heteroatoms. The number of furan rings is 1. The molecular weight excluding hydrogens is 236 g/mol. The Kier molecular flexibility index (Phi) is 2.27. The number of nitrogen functional groups attached to an aromatic ring is 1. The van der Waals surface area contributed by atoms with Gasteiger partial charge in [0, 0.05) is 10.4 Å². The van der Waals surface area contributed by atoms with Gasteiger partial charge in [-0.15, -0.1) is 0 Å². The summed E-state index contributed by atoms with van der Waals surface area (Å²) in [6.45, 7) is 0. The maximum absolute atomic E-state index is 5.92. The topological polar surface area (TPSA) is 52.0 Å². The van der Waals surface area contributed by atoms with Gasteiger partial charge in [0.25, 0.3) is 0 Å². The van der Waals surface area contributed by atoms with Gasteiger partial charge in [-0.2, -0.15) is 0 Å². The molecule has 0 bridgehead atoms. The Labute approximate surface area is 103 Å². The van der Waals surface area contributed by atoms with E-state index in [2.05, 4.69) is 4.98 Å². The molecule has 84 valence electrons. The van der Waals surface area contributed by atoms with Gasteiger partial charge in [0.05, 0.1) is 0 Å². The molecule has 0 aliphatic rings. The van der Waals surface area contributed by atoms with E-state index in [9.17, 15) is 0 Å². The standard InChI is InChI=1S/C13H9ClN2O/c14-9-4-5-11-8(6-9)7-12(17-11)10-2-1-3-13(15)16-10/h1-7H,(H2,15,16). The molecule has 0 atom stereocenters. The Morgan fingerprint density at radius 2 is 2.00 bits per heavy atom. The highest BCUT2D eigenvalue weighted by atomic mass is 35.5. The minimum Gasteiger partial charge on any atom is -0.454 e. The molecule has 0 unspecified atom stereocenters. The molecule has 2 N–H and O–H groups in total. The van der Waals surface area contributed by atoms with E-state index in [0.717, 1.165) is 16.7 Å². The summed E-state index contributed by atoms with van der Waals surface area (Å²) in [5, 5.41) is 1.64. The highest BCUT2D eigenvalue weighted by Gasteiger charge is 2.07. The van der Waals surface area contributed by atoms with Crippen LogP contribution in [0.15, 0.2) is 46.9 Å². The van der Waals surface area contributed by atoms with Crippen molar-refractivity contribution in [3.63, 3.8) is 0 Å². The van der Waals surface area contributed by atoms with Crippen LogP contribution >= 0.6 is 11.6 Å². The summed E-state index contributed by atoms with van der Waals surface area (Å²) < 4.78 is 5.69. The summed E-state index contributed by atoms with van der Waals surface area (Å²) in [5.41, 5.74) is 7.15. The number of nitrogens with two attached hydrogens (primary N) is 1. The summed E-state index contributed by atoms with van der Waals surface area (Å²) >= 11 is 5.92. The fourth-order valence-electron chi connectivity index (χ4n) is 1.73. The Morgan fingerprint density at radius 1 is 1.12 bits per heavy atom. The van der Waals surface area contributed by atoms with Gasteiger partial charge >= 0.3 is 0 Å². The first-order chi connectivity index (χ1) is 8.22. The van der Waals surface area contributed by atoms with E-state index in [1.54, 1.807) is 12.1 Å². The third kappa shape index (κ3) is 1.85. The lowest BCUT2D eigenvalue weighted by Gasteiger charge is -1.96. The van der Waals surface area contributed by atoms with Gasteiger partial charge in [-0.1, -0.05) is 17.7 Å². The van der Waals surface area contributed by atoms with E-state index in [1.807, 2.05) is 30.3 Å². The van der Waals surface area contributed by atoms with Crippen molar-refractivity contribution in [2.45, 2.75) is 0 Å². The van der Waals surface area contributed by atoms with Crippen molar-refractivity contribution in [1.29, 1.82) is 0 Å². The number of hydrogen-bond donors (Lipinski definition) is 1. The largest absolute Gasteiger partial charge is 0.454 e. The molecule has 3 aromatic rings. The summed E-state index contributed by atoms with van der Waals surface area (Å²) in [6.07, 6.45) is 0. The fraction of sp³-hybridized carbons (Fsp3) is 0. The number of halogens is 1. The van der Waals surface area contributed by atoms with Gasteiger partial charge in [0.1, 0.15) is 17.1 Å². The molecule has 0 saturated heterocycles. The van der Waals surface area contributed by atoms with Gasteiger partial charge < -0.3 is 10.2 Å². The lowest BCUT2D eigenvalue weighted by Crippen LogP contribution is -1.90. The zero-order valence-corrected chi connectivity index (χ0v) is 9.61. The van der Waals surface area contributed by atoms with Crippen LogP contribution in [0.25, 0.3) is 22.4 Å². The summed E-state index contributed by atoms with van der Waals surface area (Å²) in [4.78, 5) is 4.21. The minimum atomic E-state index is 0.473. The third-order valence-electron chi connectivity index (χ3n) is 2.50. The fourth-order valence-corrected chi connectivity index (χ4v) is 1.91. The van der Waals surface area contributed by atoms with Crippen molar-refractivity contribution >= 4 is 28.4 Å². The van der Waals surface area contributed by atoms with Crippen LogP contribution in [0.1, 0.15) is 0 Å². The van der Waals surface area contributed by atoms with Gasteiger partial charge in [-0.05, 0) is 36.4 Å². The van der Waals surface area contributed by atoms with Crippen molar-refractivity contribution in [1.82, 2.24) is 4.98 Å². The average Bonchev–Trinajstić information content (AvgIpc) is 2.72. The second-order valence-electron chi connectivity index (χ2n) is 3.74. The molecule has 0 saturated carbocycles. The molecule has 17 heavy (non-hydrogen) atoms.